The SMILES string of the molecule is Cc1c(/C=N\NC(=O)CNc2cccc3ccccc23)c2ccccc2n1C. The molecule has 4 aromatic rings. The molecule has 0 aliphatic carbocycles. The van der Waals surface area contributed by atoms with Crippen molar-refractivity contribution in [1.82, 2.24) is 9.99 Å². The summed E-state index contributed by atoms with van der Waals surface area (Å²) in [5.41, 5.74) is 6.80. The summed E-state index contributed by atoms with van der Waals surface area (Å²) in [5.74, 6) is -0.193. The predicted octanol–water partition coefficient (Wildman–Crippen LogP) is 4.20. The van der Waals surface area contributed by atoms with Gasteiger partial charge in [-0.1, -0.05) is 54.6 Å². The van der Waals surface area contributed by atoms with E-state index in [4.69, 9.17) is 0 Å². The van der Waals surface area contributed by atoms with Crippen LogP contribution < -0.4 is 10.7 Å². The number of nitrogens with one attached hydrogen (secondary N) is 2. The van der Waals surface area contributed by atoms with E-state index in [-0.39, 0.29) is 12.5 Å². The molecule has 5 heteroatoms. The van der Waals surface area contributed by atoms with Crippen LogP contribution in [0.3, 0.4) is 0 Å². The number of carbonyl (C=O) groups is 1. The molecule has 0 bridgehead atoms. The first-order valence-corrected chi connectivity index (χ1v) is 9.22. The lowest BCUT2D eigenvalue weighted by atomic mass is 10.1. The van der Waals surface area contributed by atoms with Crippen LogP contribution in [0.4, 0.5) is 5.69 Å². The third kappa shape index (κ3) is 3.34. The quantitative estimate of drug-likeness (QED) is 0.409. The summed E-state index contributed by atoms with van der Waals surface area (Å²) >= 11 is 0. The number of rotatable bonds is 5. The monoisotopic (exact) mass is 370 g/mol. The second-order valence-electron chi connectivity index (χ2n) is 6.75. The smallest absolute Gasteiger partial charge is 0.259 e. The van der Waals surface area contributed by atoms with Crippen molar-refractivity contribution < 1.29 is 4.79 Å². The molecule has 0 radical (unpaired) electrons. The molecule has 0 fully saturated rings. The van der Waals surface area contributed by atoms with Crippen LogP contribution in [0.1, 0.15) is 11.3 Å². The Morgan fingerprint density at radius 2 is 1.71 bits per heavy atom. The van der Waals surface area contributed by atoms with E-state index in [9.17, 15) is 4.79 Å². The van der Waals surface area contributed by atoms with E-state index in [1.54, 1.807) is 6.21 Å². The molecule has 3 aromatic carbocycles. The number of amides is 1. The molecule has 2 N–H and O–H groups in total. The molecule has 0 aliphatic rings. The second-order valence-corrected chi connectivity index (χ2v) is 6.75. The lowest BCUT2D eigenvalue weighted by Crippen LogP contribution is -2.26. The Hall–Kier alpha value is -3.60. The van der Waals surface area contributed by atoms with E-state index in [1.165, 1.54) is 0 Å². The Balaban J connectivity index is 1.43. The minimum absolute atomic E-state index is 0.153. The third-order valence-corrected chi connectivity index (χ3v) is 5.06. The van der Waals surface area contributed by atoms with Crippen LogP contribution in [0.5, 0.6) is 0 Å². The highest BCUT2D eigenvalue weighted by Crippen LogP contribution is 2.23. The van der Waals surface area contributed by atoms with Gasteiger partial charge in [0.1, 0.15) is 0 Å². The van der Waals surface area contributed by atoms with Gasteiger partial charge in [-0.05, 0) is 24.4 Å². The Morgan fingerprint density at radius 3 is 2.57 bits per heavy atom. The molecule has 1 heterocycles. The first-order valence-electron chi connectivity index (χ1n) is 9.22. The van der Waals surface area contributed by atoms with Crippen molar-refractivity contribution in [3.63, 3.8) is 0 Å². The molecule has 0 saturated carbocycles. The van der Waals surface area contributed by atoms with Crippen molar-refractivity contribution >= 4 is 39.5 Å². The molecule has 1 amide bonds. The van der Waals surface area contributed by atoms with Gasteiger partial charge in [0.15, 0.2) is 0 Å². The van der Waals surface area contributed by atoms with Crippen LogP contribution in [-0.4, -0.2) is 23.2 Å². The number of fused-ring (bicyclic) bond motifs is 2. The summed E-state index contributed by atoms with van der Waals surface area (Å²) in [5, 5.41) is 10.7. The van der Waals surface area contributed by atoms with Crippen LogP contribution in [0.15, 0.2) is 71.8 Å². The maximum atomic E-state index is 12.2. The molecule has 28 heavy (non-hydrogen) atoms. The summed E-state index contributed by atoms with van der Waals surface area (Å²) in [6.45, 7) is 2.20. The largest absolute Gasteiger partial charge is 0.376 e. The van der Waals surface area contributed by atoms with Crippen molar-refractivity contribution in [3.8, 4) is 0 Å². The zero-order chi connectivity index (χ0) is 19.5. The number of hydrogen-bond donors (Lipinski definition) is 2. The molecule has 0 spiro atoms. The highest BCUT2D eigenvalue weighted by atomic mass is 16.2. The lowest BCUT2D eigenvalue weighted by molar-refractivity contribution is -0.119. The van der Waals surface area contributed by atoms with Crippen LogP contribution in [-0.2, 0) is 11.8 Å². The van der Waals surface area contributed by atoms with Gasteiger partial charge < -0.3 is 9.88 Å². The number of hydrogen-bond acceptors (Lipinski definition) is 3. The van der Waals surface area contributed by atoms with E-state index < -0.39 is 0 Å². The van der Waals surface area contributed by atoms with Gasteiger partial charge in [-0.2, -0.15) is 5.10 Å². The molecule has 0 saturated heterocycles. The maximum absolute atomic E-state index is 12.2. The molecule has 1 aromatic heterocycles. The average Bonchev–Trinajstić information content (AvgIpc) is 2.97. The molecule has 5 nitrogen and oxygen atoms in total. The number of benzene rings is 3. The topological polar surface area (TPSA) is 58.4 Å². The molecule has 0 atom stereocenters. The minimum Gasteiger partial charge on any atom is -0.376 e. The van der Waals surface area contributed by atoms with Gasteiger partial charge in [-0.3, -0.25) is 4.79 Å². The zero-order valence-electron chi connectivity index (χ0n) is 15.9. The minimum atomic E-state index is -0.193. The van der Waals surface area contributed by atoms with Gasteiger partial charge in [0.2, 0.25) is 0 Å². The third-order valence-electron chi connectivity index (χ3n) is 5.06. The zero-order valence-corrected chi connectivity index (χ0v) is 15.9. The number of aryl methyl sites for hydroxylation is 1. The van der Waals surface area contributed by atoms with Crippen molar-refractivity contribution in [2.45, 2.75) is 6.92 Å². The van der Waals surface area contributed by atoms with Crippen LogP contribution in [0.25, 0.3) is 21.7 Å². The average molecular weight is 370 g/mol. The second kappa shape index (κ2) is 7.56. The Morgan fingerprint density at radius 1 is 1.00 bits per heavy atom. The molecular formula is C23H22N4O. The fourth-order valence-corrected chi connectivity index (χ4v) is 3.48. The normalized spacial score (nSPS) is 11.4. The van der Waals surface area contributed by atoms with E-state index in [2.05, 4.69) is 44.7 Å². The number of nitrogens with zero attached hydrogens (tertiary/aromatic N) is 2. The Kier molecular flexibility index (Phi) is 4.81. The van der Waals surface area contributed by atoms with E-state index in [0.717, 1.165) is 38.6 Å². The predicted molar refractivity (Wildman–Crippen MR) is 116 cm³/mol. The highest BCUT2D eigenvalue weighted by molar-refractivity contribution is 6.01. The van der Waals surface area contributed by atoms with Crippen molar-refractivity contribution in [2.75, 3.05) is 11.9 Å². The van der Waals surface area contributed by atoms with Gasteiger partial charge >= 0.3 is 0 Å². The first-order chi connectivity index (χ1) is 13.6. The van der Waals surface area contributed by atoms with Crippen LogP contribution in [0.2, 0.25) is 0 Å². The number of carbonyl (C=O) groups excluding carboxylic acids is 1. The highest BCUT2D eigenvalue weighted by Gasteiger charge is 2.09. The van der Waals surface area contributed by atoms with E-state index in [1.807, 2.05) is 56.4 Å². The molecule has 4 rings (SSSR count). The standard InChI is InChI=1S/C23H22N4O/c1-16-20(19-11-5-6-13-22(19)27(16)2)14-25-26-23(28)15-24-21-12-7-9-17-8-3-4-10-18(17)21/h3-14,24H,15H2,1-2H3,(H,26,28)/b25-14-. The number of para-hydroxylation sites is 1. The molecule has 140 valence electrons. The fraction of sp³-hybridized carbons (Fsp3) is 0.130. The summed E-state index contributed by atoms with van der Waals surface area (Å²) in [6, 6.07) is 22.2. The van der Waals surface area contributed by atoms with Gasteiger partial charge in [0.05, 0.1) is 12.8 Å². The number of hydrazone groups is 1. The summed E-state index contributed by atoms with van der Waals surface area (Å²) in [6.07, 6.45) is 1.72. The van der Waals surface area contributed by atoms with E-state index >= 15 is 0 Å². The van der Waals surface area contributed by atoms with Crippen LogP contribution in [0, 0.1) is 6.92 Å². The van der Waals surface area contributed by atoms with Crippen LogP contribution >= 0.6 is 0 Å². The molecule has 0 aliphatic heterocycles. The maximum Gasteiger partial charge on any atom is 0.259 e. The van der Waals surface area contributed by atoms with Gasteiger partial charge in [-0.25, -0.2) is 5.43 Å². The lowest BCUT2D eigenvalue weighted by Gasteiger charge is -2.08. The fourth-order valence-electron chi connectivity index (χ4n) is 3.48. The summed E-state index contributed by atoms with van der Waals surface area (Å²) in [4.78, 5) is 12.2. The van der Waals surface area contributed by atoms with Gasteiger partial charge in [-0.15, -0.1) is 0 Å². The van der Waals surface area contributed by atoms with E-state index in [0.29, 0.717) is 0 Å². The van der Waals surface area contributed by atoms with Gasteiger partial charge in [0, 0.05) is 40.3 Å². The Labute approximate surface area is 163 Å². The first kappa shape index (κ1) is 17.8. The molecule has 0 unspecified atom stereocenters. The van der Waals surface area contributed by atoms with Gasteiger partial charge in [0.25, 0.3) is 5.91 Å². The van der Waals surface area contributed by atoms with Crippen molar-refractivity contribution in [1.29, 1.82) is 0 Å². The van der Waals surface area contributed by atoms with Crippen molar-refractivity contribution in [3.05, 3.63) is 78.0 Å². The number of anilines is 1. The Bertz CT molecular complexity index is 1180. The molecular weight excluding hydrogens is 348 g/mol. The number of aromatic nitrogens is 1. The van der Waals surface area contributed by atoms with Crippen molar-refractivity contribution in [2.24, 2.45) is 12.1 Å². The summed E-state index contributed by atoms with van der Waals surface area (Å²) in [7, 11) is 2.03. The summed E-state index contributed by atoms with van der Waals surface area (Å²) < 4.78 is 2.13.